The van der Waals surface area contributed by atoms with Crippen molar-refractivity contribution < 1.29 is 14.6 Å². The van der Waals surface area contributed by atoms with Crippen LogP contribution in [-0.4, -0.2) is 30.3 Å². The minimum atomic E-state index is -0.885. The molecule has 1 aromatic rings. The summed E-state index contributed by atoms with van der Waals surface area (Å²) < 4.78 is 5.35. The Hall–Kier alpha value is -1.59. The first-order valence-corrected chi connectivity index (χ1v) is 5.13. The number of carbonyl (C=O) groups excluding carboxylic acids is 1. The monoisotopic (exact) mass is 222 g/mol. The van der Waals surface area contributed by atoms with E-state index in [-0.39, 0.29) is 12.5 Å². The molecule has 1 amide bonds. The van der Waals surface area contributed by atoms with Crippen molar-refractivity contribution in [1.29, 1.82) is 0 Å². The zero-order chi connectivity index (χ0) is 11.5. The maximum Gasteiger partial charge on any atom is 0.243 e. The van der Waals surface area contributed by atoms with Crippen LogP contribution in [0.25, 0.3) is 0 Å². The van der Waals surface area contributed by atoms with E-state index in [0.717, 1.165) is 17.7 Å². The topological polar surface area (TPSA) is 84.6 Å². The standard InChI is InChI=1S/C11H14N2O3/c12-9(6-14)11(15)13-8-1-2-10-7(5-8)3-4-16-10/h1-2,5,9,14H,3-4,6,12H2,(H,13,15). The fourth-order valence-corrected chi connectivity index (χ4v) is 1.58. The van der Waals surface area contributed by atoms with Crippen LogP contribution in [0.3, 0.4) is 0 Å². The van der Waals surface area contributed by atoms with Gasteiger partial charge < -0.3 is 20.9 Å². The van der Waals surface area contributed by atoms with Crippen LogP contribution in [0.1, 0.15) is 5.56 Å². The Balaban J connectivity index is 2.08. The lowest BCUT2D eigenvalue weighted by molar-refractivity contribution is -0.118. The molecule has 0 radical (unpaired) electrons. The summed E-state index contributed by atoms with van der Waals surface area (Å²) in [7, 11) is 0. The molecule has 1 unspecified atom stereocenters. The van der Waals surface area contributed by atoms with Gasteiger partial charge in [0.2, 0.25) is 5.91 Å². The van der Waals surface area contributed by atoms with Gasteiger partial charge in [-0.25, -0.2) is 0 Å². The molecule has 1 atom stereocenters. The highest BCUT2D eigenvalue weighted by Crippen LogP contribution is 2.27. The smallest absolute Gasteiger partial charge is 0.243 e. The molecule has 0 aliphatic carbocycles. The fraction of sp³-hybridized carbons (Fsp3) is 0.364. The molecule has 2 rings (SSSR count). The summed E-state index contributed by atoms with van der Waals surface area (Å²) in [4.78, 5) is 11.4. The fourth-order valence-electron chi connectivity index (χ4n) is 1.58. The zero-order valence-corrected chi connectivity index (χ0v) is 8.77. The Kier molecular flexibility index (Phi) is 3.07. The number of anilines is 1. The molecule has 16 heavy (non-hydrogen) atoms. The third kappa shape index (κ3) is 2.15. The van der Waals surface area contributed by atoms with E-state index in [9.17, 15) is 4.79 Å². The lowest BCUT2D eigenvalue weighted by Crippen LogP contribution is -2.38. The average Bonchev–Trinajstić information content (AvgIpc) is 2.75. The first-order valence-electron chi connectivity index (χ1n) is 5.13. The molecular formula is C11H14N2O3. The van der Waals surface area contributed by atoms with Crippen LogP contribution in [0.15, 0.2) is 18.2 Å². The quantitative estimate of drug-likeness (QED) is 0.665. The van der Waals surface area contributed by atoms with Gasteiger partial charge in [-0.3, -0.25) is 4.79 Å². The summed E-state index contributed by atoms with van der Waals surface area (Å²) in [6.07, 6.45) is 0.852. The van der Waals surface area contributed by atoms with Crippen LogP contribution in [0.2, 0.25) is 0 Å². The highest BCUT2D eigenvalue weighted by molar-refractivity contribution is 5.94. The van der Waals surface area contributed by atoms with Gasteiger partial charge in [0, 0.05) is 12.1 Å². The van der Waals surface area contributed by atoms with Crippen molar-refractivity contribution in [2.24, 2.45) is 5.73 Å². The number of hydrogen-bond donors (Lipinski definition) is 3. The second-order valence-electron chi connectivity index (χ2n) is 3.70. The normalized spacial score (nSPS) is 15.1. The third-order valence-electron chi connectivity index (χ3n) is 2.49. The zero-order valence-electron chi connectivity index (χ0n) is 8.77. The van der Waals surface area contributed by atoms with Gasteiger partial charge in [0.05, 0.1) is 13.2 Å². The number of aliphatic hydroxyl groups excluding tert-OH is 1. The summed E-state index contributed by atoms with van der Waals surface area (Å²) in [5.74, 6) is 0.478. The number of nitrogens with two attached hydrogens (primary N) is 1. The van der Waals surface area contributed by atoms with Crippen molar-refractivity contribution in [3.8, 4) is 5.75 Å². The van der Waals surface area contributed by atoms with E-state index in [1.807, 2.05) is 12.1 Å². The number of hydrogen-bond acceptors (Lipinski definition) is 4. The van der Waals surface area contributed by atoms with Gasteiger partial charge >= 0.3 is 0 Å². The van der Waals surface area contributed by atoms with Gasteiger partial charge in [0.1, 0.15) is 11.8 Å². The number of benzene rings is 1. The molecule has 86 valence electrons. The molecule has 0 spiro atoms. The molecule has 5 heteroatoms. The van der Waals surface area contributed by atoms with E-state index in [1.165, 1.54) is 0 Å². The number of aliphatic hydroxyl groups is 1. The maximum atomic E-state index is 11.4. The minimum Gasteiger partial charge on any atom is -0.493 e. The molecule has 1 aliphatic heterocycles. The molecule has 0 fully saturated rings. The number of carbonyl (C=O) groups is 1. The maximum absolute atomic E-state index is 11.4. The van der Waals surface area contributed by atoms with Crippen LogP contribution in [0, 0.1) is 0 Å². The van der Waals surface area contributed by atoms with Crippen LogP contribution in [-0.2, 0) is 11.2 Å². The number of ether oxygens (including phenoxy) is 1. The lowest BCUT2D eigenvalue weighted by atomic mass is 10.1. The Labute approximate surface area is 93.2 Å². The van der Waals surface area contributed by atoms with Crippen molar-refractivity contribution in [2.45, 2.75) is 12.5 Å². The van der Waals surface area contributed by atoms with E-state index in [1.54, 1.807) is 6.07 Å². The Morgan fingerprint density at radius 2 is 2.44 bits per heavy atom. The van der Waals surface area contributed by atoms with E-state index >= 15 is 0 Å². The van der Waals surface area contributed by atoms with E-state index in [4.69, 9.17) is 15.6 Å². The van der Waals surface area contributed by atoms with Gasteiger partial charge in [-0.1, -0.05) is 0 Å². The van der Waals surface area contributed by atoms with Crippen LogP contribution in [0.5, 0.6) is 5.75 Å². The number of amides is 1. The summed E-state index contributed by atoms with van der Waals surface area (Å²) in [5, 5.41) is 11.4. The van der Waals surface area contributed by atoms with Gasteiger partial charge in [-0.05, 0) is 23.8 Å². The molecule has 5 nitrogen and oxygen atoms in total. The largest absolute Gasteiger partial charge is 0.493 e. The van der Waals surface area contributed by atoms with Crippen molar-refractivity contribution >= 4 is 11.6 Å². The molecule has 1 aromatic carbocycles. The summed E-state index contributed by atoms with van der Waals surface area (Å²) >= 11 is 0. The third-order valence-corrected chi connectivity index (χ3v) is 2.49. The molecule has 0 aromatic heterocycles. The summed E-state index contributed by atoms with van der Waals surface area (Å²) in [6, 6.07) is 4.56. The highest BCUT2D eigenvalue weighted by Gasteiger charge is 2.15. The number of nitrogens with one attached hydrogen (secondary N) is 1. The van der Waals surface area contributed by atoms with Crippen LogP contribution in [0.4, 0.5) is 5.69 Å². The van der Waals surface area contributed by atoms with Crippen molar-refractivity contribution in [2.75, 3.05) is 18.5 Å². The predicted molar refractivity (Wildman–Crippen MR) is 59.3 cm³/mol. The van der Waals surface area contributed by atoms with Crippen LogP contribution >= 0.6 is 0 Å². The van der Waals surface area contributed by atoms with E-state index < -0.39 is 6.04 Å². The van der Waals surface area contributed by atoms with E-state index in [2.05, 4.69) is 5.32 Å². The van der Waals surface area contributed by atoms with Gasteiger partial charge in [-0.15, -0.1) is 0 Å². The lowest BCUT2D eigenvalue weighted by Gasteiger charge is -2.10. The average molecular weight is 222 g/mol. The SMILES string of the molecule is NC(CO)C(=O)Nc1ccc2c(c1)CCO2. The van der Waals surface area contributed by atoms with Crippen LogP contribution < -0.4 is 15.8 Å². The first kappa shape index (κ1) is 10.9. The van der Waals surface area contributed by atoms with Crippen molar-refractivity contribution in [1.82, 2.24) is 0 Å². The van der Waals surface area contributed by atoms with Gasteiger partial charge in [-0.2, -0.15) is 0 Å². The summed E-state index contributed by atoms with van der Waals surface area (Å²) in [6.45, 7) is 0.322. The molecule has 0 saturated carbocycles. The molecule has 1 aliphatic rings. The predicted octanol–water partition coefficient (Wildman–Crippen LogP) is -0.120. The molecule has 1 heterocycles. The summed E-state index contributed by atoms with van der Waals surface area (Å²) in [5.41, 5.74) is 7.15. The second-order valence-corrected chi connectivity index (χ2v) is 3.70. The van der Waals surface area contributed by atoms with Crippen molar-refractivity contribution in [3.63, 3.8) is 0 Å². The molecule has 4 N–H and O–H groups in total. The van der Waals surface area contributed by atoms with Crippen molar-refractivity contribution in [3.05, 3.63) is 23.8 Å². The number of fused-ring (bicyclic) bond motifs is 1. The minimum absolute atomic E-state index is 0.361. The molecular weight excluding hydrogens is 208 g/mol. The van der Waals surface area contributed by atoms with E-state index in [0.29, 0.717) is 12.3 Å². The Morgan fingerprint density at radius 1 is 1.62 bits per heavy atom. The highest BCUT2D eigenvalue weighted by atomic mass is 16.5. The Bertz CT molecular complexity index is 406. The molecule has 0 saturated heterocycles. The Morgan fingerprint density at radius 3 is 3.19 bits per heavy atom. The van der Waals surface area contributed by atoms with Gasteiger partial charge in [0.25, 0.3) is 0 Å². The first-order chi connectivity index (χ1) is 7.70. The number of rotatable bonds is 3. The second kappa shape index (κ2) is 4.51. The van der Waals surface area contributed by atoms with Gasteiger partial charge in [0.15, 0.2) is 0 Å². The molecule has 0 bridgehead atoms.